The Balaban J connectivity index is 0.00000312. The summed E-state index contributed by atoms with van der Waals surface area (Å²) in [6.45, 7) is 10.5. The summed E-state index contributed by atoms with van der Waals surface area (Å²) in [5.74, 6) is 2.96. The van der Waals surface area contributed by atoms with Crippen LogP contribution >= 0.6 is 24.0 Å². The molecule has 0 spiro atoms. The summed E-state index contributed by atoms with van der Waals surface area (Å²) >= 11 is 0. The average Bonchev–Trinajstić information content (AvgIpc) is 2.89. The van der Waals surface area contributed by atoms with E-state index in [0.29, 0.717) is 12.5 Å². The van der Waals surface area contributed by atoms with Crippen molar-refractivity contribution in [2.75, 3.05) is 13.1 Å². The summed E-state index contributed by atoms with van der Waals surface area (Å²) in [6, 6.07) is 8.69. The van der Waals surface area contributed by atoms with Crippen molar-refractivity contribution in [3.05, 3.63) is 47.0 Å². The third-order valence-electron chi connectivity index (χ3n) is 4.13. The Kier molecular flexibility index (Phi) is 8.88. The molecule has 1 atom stereocenters. The highest BCUT2D eigenvalue weighted by molar-refractivity contribution is 14.0. The van der Waals surface area contributed by atoms with Gasteiger partial charge in [-0.05, 0) is 32.3 Å². The topological polar surface area (TPSA) is 67.1 Å². The van der Waals surface area contributed by atoms with Gasteiger partial charge < -0.3 is 15.2 Å². The van der Waals surface area contributed by atoms with Crippen LogP contribution in [0.1, 0.15) is 42.5 Å². The fourth-order valence-electron chi connectivity index (χ4n) is 2.34. The van der Waals surface area contributed by atoms with Crippen LogP contribution in [0.2, 0.25) is 0 Å². The molecule has 1 unspecified atom stereocenters. The van der Waals surface area contributed by atoms with Gasteiger partial charge in [-0.25, -0.2) is 4.99 Å². The van der Waals surface area contributed by atoms with Gasteiger partial charge in [0.15, 0.2) is 11.8 Å². The standard InChI is InChI=1S/C18H28N6.HI/c1-6-19-18(21-12-17-23-22-15(4)24(17)5)20-11-14(3)16-9-7-13(2)8-10-16;/h7-10,14H,6,11-12H2,1-5H3,(H2,19,20,21);1H. The Morgan fingerprint density at radius 2 is 1.84 bits per heavy atom. The third kappa shape index (κ3) is 6.30. The SMILES string of the molecule is CCNC(=NCc1nnc(C)n1C)NCC(C)c1ccc(C)cc1.I. The molecule has 7 heteroatoms. The molecule has 1 aromatic heterocycles. The molecule has 1 heterocycles. The summed E-state index contributed by atoms with van der Waals surface area (Å²) in [4.78, 5) is 4.61. The molecule has 6 nitrogen and oxygen atoms in total. The largest absolute Gasteiger partial charge is 0.357 e. The first kappa shape index (κ1) is 21.4. The van der Waals surface area contributed by atoms with Crippen LogP contribution in [0.15, 0.2) is 29.3 Å². The Labute approximate surface area is 167 Å². The van der Waals surface area contributed by atoms with Crippen molar-refractivity contribution in [2.45, 2.75) is 40.2 Å². The van der Waals surface area contributed by atoms with Gasteiger partial charge in [0.2, 0.25) is 0 Å². The molecule has 1 aromatic carbocycles. The average molecular weight is 456 g/mol. The minimum absolute atomic E-state index is 0. The number of aliphatic imine (C=N–C) groups is 1. The van der Waals surface area contributed by atoms with E-state index in [1.807, 2.05) is 18.5 Å². The molecule has 0 radical (unpaired) electrons. The van der Waals surface area contributed by atoms with Gasteiger partial charge in [0.1, 0.15) is 12.4 Å². The van der Waals surface area contributed by atoms with Crippen LogP contribution in [-0.2, 0) is 13.6 Å². The molecule has 0 saturated heterocycles. The maximum absolute atomic E-state index is 4.61. The smallest absolute Gasteiger partial charge is 0.191 e. The summed E-state index contributed by atoms with van der Waals surface area (Å²) < 4.78 is 1.96. The van der Waals surface area contributed by atoms with Crippen LogP contribution in [0.25, 0.3) is 0 Å². The Morgan fingerprint density at radius 1 is 1.16 bits per heavy atom. The quantitative estimate of drug-likeness (QED) is 0.399. The van der Waals surface area contributed by atoms with Gasteiger partial charge in [0, 0.05) is 20.1 Å². The summed E-state index contributed by atoms with van der Waals surface area (Å²) in [7, 11) is 1.96. The predicted molar refractivity (Wildman–Crippen MR) is 114 cm³/mol. The van der Waals surface area contributed by atoms with E-state index in [4.69, 9.17) is 0 Å². The lowest BCUT2D eigenvalue weighted by molar-refractivity contribution is 0.695. The molecule has 2 N–H and O–H groups in total. The highest BCUT2D eigenvalue weighted by atomic mass is 127. The van der Waals surface area contributed by atoms with E-state index in [2.05, 4.69) is 70.9 Å². The zero-order chi connectivity index (χ0) is 17.5. The van der Waals surface area contributed by atoms with Crippen molar-refractivity contribution in [3.63, 3.8) is 0 Å². The van der Waals surface area contributed by atoms with Gasteiger partial charge in [-0.2, -0.15) is 0 Å². The van der Waals surface area contributed by atoms with Gasteiger partial charge in [-0.3, -0.25) is 0 Å². The van der Waals surface area contributed by atoms with E-state index in [1.165, 1.54) is 11.1 Å². The van der Waals surface area contributed by atoms with Crippen LogP contribution in [-0.4, -0.2) is 33.8 Å². The molecule has 2 aromatic rings. The van der Waals surface area contributed by atoms with E-state index < -0.39 is 0 Å². The number of nitrogens with one attached hydrogen (secondary N) is 2. The lowest BCUT2D eigenvalue weighted by Gasteiger charge is -2.16. The molecule has 0 aliphatic heterocycles. The van der Waals surface area contributed by atoms with Gasteiger partial charge >= 0.3 is 0 Å². The molecule has 0 aliphatic carbocycles. The van der Waals surface area contributed by atoms with Crippen LogP contribution < -0.4 is 10.6 Å². The second-order valence-corrected chi connectivity index (χ2v) is 6.11. The fourth-order valence-corrected chi connectivity index (χ4v) is 2.34. The van der Waals surface area contributed by atoms with Crippen LogP contribution in [0.3, 0.4) is 0 Å². The zero-order valence-electron chi connectivity index (χ0n) is 15.7. The van der Waals surface area contributed by atoms with Crippen LogP contribution in [0.4, 0.5) is 0 Å². The summed E-state index contributed by atoms with van der Waals surface area (Å²) in [5.41, 5.74) is 2.61. The highest BCUT2D eigenvalue weighted by Gasteiger charge is 2.08. The molecule has 0 bridgehead atoms. The summed E-state index contributed by atoms with van der Waals surface area (Å²) in [5, 5.41) is 14.9. The number of halogens is 1. The second-order valence-electron chi connectivity index (χ2n) is 6.11. The number of benzene rings is 1. The molecule has 25 heavy (non-hydrogen) atoms. The maximum atomic E-state index is 4.61. The number of aryl methyl sites for hydroxylation is 2. The van der Waals surface area contributed by atoms with Crippen molar-refractivity contribution in [3.8, 4) is 0 Å². The number of hydrogen-bond donors (Lipinski definition) is 2. The van der Waals surface area contributed by atoms with Gasteiger partial charge in [0.25, 0.3) is 0 Å². The van der Waals surface area contributed by atoms with Crippen molar-refractivity contribution in [2.24, 2.45) is 12.0 Å². The maximum Gasteiger partial charge on any atom is 0.191 e. The molecule has 0 fully saturated rings. The first-order valence-electron chi connectivity index (χ1n) is 8.44. The number of rotatable bonds is 6. The molecule has 0 saturated carbocycles. The number of guanidine groups is 1. The molecule has 2 rings (SSSR count). The predicted octanol–water partition coefficient (Wildman–Crippen LogP) is 2.91. The normalized spacial score (nSPS) is 12.4. The van der Waals surface area contributed by atoms with Gasteiger partial charge in [-0.15, -0.1) is 34.2 Å². The minimum atomic E-state index is 0. The van der Waals surface area contributed by atoms with Gasteiger partial charge in [0.05, 0.1) is 0 Å². The number of aromatic nitrogens is 3. The third-order valence-corrected chi connectivity index (χ3v) is 4.13. The van der Waals surface area contributed by atoms with Crippen molar-refractivity contribution in [1.29, 1.82) is 0 Å². The molecule has 0 amide bonds. The number of hydrogen-bond acceptors (Lipinski definition) is 3. The lowest BCUT2D eigenvalue weighted by atomic mass is 10.0. The van der Waals surface area contributed by atoms with Crippen molar-refractivity contribution >= 4 is 29.9 Å². The monoisotopic (exact) mass is 456 g/mol. The first-order chi connectivity index (χ1) is 11.5. The zero-order valence-corrected chi connectivity index (χ0v) is 18.0. The van der Waals surface area contributed by atoms with Crippen molar-refractivity contribution < 1.29 is 0 Å². The van der Waals surface area contributed by atoms with E-state index in [1.54, 1.807) is 0 Å². The van der Waals surface area contributed by atoms with E-state index >= 15 is 0 Å². The first-order valence-corrected chi connectivity index (χ1v) is 8.44. The Hall–Kier alpha value is -1.64. The van der Waals surface area contributed by atoms with E-state index in [0.717, 1.165) is 30.7 Å². The summed E-state index contributed by atoms with van der Waals surface area (Å²) in [6.07, 6.45) is 0. The fraction of sp³-hybridized carbons (Fsp3) is 0.500. The Bertz CT molecular complexity index is 677. The molecular weight excluding hydrogens is 427 g/mol. The molecule has 0 aliphatic rings. The Morgan fingerprint density at radius 3 is 2.40 bits per heavy atom. The van der Waals surface area contributed by atoms with E-state index in [9.17, 15) is 0 Å². The van der Waals surface area contributed by atoms with Crippen molar-refractivity contribution in [1.82, 2.24) is 25.4 Å². The van der Waals surface area contributed by atoms with Gasteiger partial charge in [-0.1, -0.05) is 36.8 Å². The lowest BCUT2D eigenvalue weighted by Crippen LogP contribution is -2.39. The highest BCUT2D eigenvalue weighted by Crippen LogP contribution is 2.14. The van der Waals surface area contributed by atoms with Crippen LogP contribution in [0.5, 0.6) is 0 Å². The van der Waals surface area contributed by atoms with E-state index in [-0.39, 0.29) is 24.0 Å². The number of nitrogens with zero attached hydrogens (tertiary/aromatic N) is 4. The molecule has 138 valence electrons. The minimum Gasteiger partial charge on any atom is -0.357 e. The van der Waals surface area contributed by atoms with Crippen LogP contribution in [0, 0.1) is 13.8 Å². The molecular formula is C18H29IN6. The second kappa shape index (κ2) is 10.4.